The van der Waals surface area contributed by atoms with Gasteiger partial charge in [0.05, 0.1) is 11.4 Å². The van der Waals surface area contributed by atoms with E-state index in [2.05, 4.69) is 4.72 Å². The average molecular weight is 284 g/mol. The standard InChI is InChI=1S/C12H16N2O2S2/c1-8-2-5-10(12(13)17)6-11(8)14-18(15,16)7-9-3-4-9/h2,5-6,9,14H,3-4,7H2,1H3,(H2,13,17). The van der Waals surface area contributed by atoms with Crippen LogP contribution in [-0.2, 0) is 10.0 Å². The molecule has 1 fully saturated rings. The van der Waals surface area contributed by atoms with E-state index in [4.69, 9.17) is 18.0 Å². The Morgan fingerprint density at radius 3 is 2.72 bits per heavy atom. The highest BCUT2D eigenvalue weighted by Crippen LogP contribution is 2.31. The van der Waals surface area contributed by atoms with Crippen LogP contribution in [0.5, 0.6) is 0 Å². The van der Waals surface area contributed by atoms with E-state index in [9.17, 15) is 8.42 Å². The van der Waals surface area contributed by atoms with Gasteiger partial charge in [-0.3, -0.25) is 4.72 Å². The first-order valence-electron chi connectivity index (χ1n) is 5.78. The third-order valence-electron chi connectivity index (χ3n) is 2.94. The van der Waals surface area contributed by atoms with E-state index in [1.165, 1.54) is 0 Å². The van der Waals surface area contributed by atoms with Crippen molar-refractivity contribution in [2.24, 2.45) is 11.7 Å². The van der Waals surface area contributed by atoms with Crippen molar-refractivity contribution < 1.29 is 8.42 Å². The molecule has 0 aliphatic heterocycles. The number of anilines is 1. The fourth-order valence-corrected chi connectivity index (χ4v) is 3.41. The Hall–Kier alpha value is -1.14. The summed E-state index contributed by atoms with van der Waals surface area (Å²) in [6.07, 6.45) is 2.01. The van der Waals surface area contributed by atoms with E-state index in [1.54, 1.807) is 12.1 Å². The van der Waals surface area contributed by atoms with E-state index in [1.807, 2.05) is 13.0 Å². The molecule has 0 spiro atoms. The van der Waals surface area contributed by atoms with E-state index in [0.29, 0.717) is 17.2 Å². The van der Waals surface area contributed by atoms with Crippen LogP contribution in [0.4, 0.5) is 5.69 Å². The molecule has 3 N–H and O–H groups in total. The molecule has 0 aromatic heterocycles. The molecule has 1 aliphatic rings. The minimum Gasteiger partial charge on any atom is -0.389 e. The molecule has 2 rings (SSSR count). The second-order valence-electron chi connectivity index (χ2n) is 4.72. The van der Waals surface area contributed by atoms with Crippen LogP contribution in [0.2, 0.25) is 0 Å². The molecule has 4 nitrogen and oxygen atoms in total. The number of nitrogens with one attached hydrogen (secondary N) is 1. The normalized spacial score (nSPS) is 15.4. The van der Waals surface area contributed by atoms with Gasteiger partial charge in [0.25, 0.3) is 0 Å². The van der Waals surface area contributed by atoms with Crippen LogP contribution in [0.3, 0.4) is 0 Å². The number of rotatable bonds is 5. The number of benzene rings is 1. The smallest absolute Gasteiger partial charge is 0.233 e. The Morgan fingerprint density at radius 1 is 1.50 bits per heavy atom. The Labute approximate surface area is 113 Å². The first-order chi connectivity index (χ1) is 8.37. The summed E-state index contributed by atoms with van der Waals surface area (Å²) in [4.78, 5) is 0.262. The van der Waals surface area contributed by atoms with Gasteiger partial charge in [-0.05, 0) is 37.3 Å². The van der Waals surface area contributed by atoms with Gasteiger partial charge in [0, 0.05) is 5.56 Å². The van der Waals surface area contributed by atoms with E-state index >= 15 is 0 Å². The summed E-state index contributed by atoms with van der Waals surface area (Å²) in [5.74, 6) is 0.519. The number of hydrogen-bond acceptors (Lipinski definition) is 3. The molecular formula is C12H16N2O2S2. The van der Waals surface area contributed by atoms with Gasteiger partial charge in [0.1, 0.15) is 4.99 Å². The molecule has 6 heteroatoms. The SMILES string of the molecule is Cc1ccc(C(N)=S)cc1NS(=O)(=O)CC1CC1. The number of hydrogen-bond donors (Lipinski definition) is 2. The zero-order valence-electron chi connectivity index (χ0n) is 10.1. The van der Waals surface area contributed by atoms with Crippen molar-refractivity contribution in [2.45, 2.75) is 19.8 Å². The van der Waals surface area contributed by atoms with Crippen molar-refractivity contribution in [1.29, 1.82) is 0 Å². The van der Waals surface area contributed by atoms with Gasteiger partial charge < -0.3 is 5.73 Å². The first-order valence-corrected chi connectivity index (χ1v) is 7.84. The van der Waals surface area contributed by atoms with Gasteiger partial charge in [-0.25, -0.2) is 8.42 Å². The number of aryl methyl sites for hydroxylation is 1. The lowest BCUT2D eigenvalue weighted by molar-refractivity contribution is 0.597. The van der Waals surface area contributed by atoms with E-state index < -0.39 is 10.0 Å². The summed E-state index contributed by atoms with van der Waals surface area (Å²) >= 11 is 4.89. The van der Waals surface area contributed by atoms with Gasteiger partial charge in [-0.1, -0.05) is 24.4 Å². The van der Waals surface area contributed by atoms with Crippen molar-refractivity contribution in [2.75, 3.05) is 10.5 Å². The van der Waals surface area contributed by atoms with Crippen LogP contribution >= 0.6 is 12.2 Å². The molecule has 0 saturated heterocycles. The molecule has 0 heterocycles. The highest BCUT2D eigenvalue weighted by atomic mass is 32.2. The van der Waals surface area contributed by atoms with Crippen molar-refractivity contribution in [3.8, 4) is 0 Å². The first kappa shape index (κ1) is 13.3. The molecule has 98 valence electrons. The molecular weight excluding hydrogens is 268 g/mol. The lowest BCUT2D eigenvalue weighted by atomic mass is 10.1. The summed E-state index contributed by atoms with van der Waals surface area (Å²) in [5, 5.41) is 0. The van der Waals surface area contributed by atoms with Crippen LogP contribution in [0.1, 0.15) is 24.0 Å². The van der Waals surface area contributed by atoms with Crippen LogP contribution < -0.4 is 10.5 Å². The van der Waals surface area contributed by atoms with Gasteiger partial charge in [-0.2, -0.15) is 0 Å². The van der Waals surface area contributed by atoms with E-state index in [0.717, 1.165) is 18.4 Å². The van der Waals surface area contributed by atoms with Gasteiger partial charge in [-0.15, -0.1) is 0 Å². The Balaban J connectivity index is 2.21. The molecule has 0 bridgehead atoms. The Bertz CT molecular complexity index is 578. The molecule has 0 unspecified atom stereocenters. The summed E-state index contributed by atoms with van der Waals surface area (Å²) in [6.45, 7) is 1.85. The quantitative estimate of drug-likeness (QED) is 0.809. The average Bonchev–Trinajstić information content (AvgIpc) is 3.03. The summed E-state index contributed by atoms with van der Waals surface area (Å²) in [5.41, 5.74) is 7.62. The molecule has 0 amide bonds. The summed E-state index contributed by atoms with van der Waals surface area (Å²) < 4.78 is 26.4. The third kappa shape index (κ3) is 3.43. The molecule has 0 radical (unpaired) electrons. The van der Waals surface area contributed by atoms with Crippen molar-refractivity contribution >= 4 is 32.9 Å². The van der Waals surface area contributed by atoms with Gasteiger partial charge in [0.15, 0.2) is 0 Å². The molecule has 1 saturated carbocycles. The van der Waals surface area contributed by atoms with Gasteiger partial charge in [0.2, 0.25) is 10.0 Å². The lowest BCUT2D eigenvalue weighted by Crippen LogP contribution is -2.19. The predicted octanol–water partition coefficient (Wildman–Crippen LogP) is 1.78. The predicted molar refractivity (Wildman–Crippen MR) is 77.2 cm³/mol. The third-order valence-corrected chi connectivity index (χ3v) is 4.62. The molecule has 18 heavy (non-hydrogen) atoms. The van der Waals surface area contributed by atoms with Crippen LogP contribution in [-0.4, -0.2) is 19.2 Å². The number of sulfonamides is 1. The molecule has 1 aromatic rings. The maximum absolute atomic E-state index is 11.9. The number of thiocarbonyl (C=S) groups is 1. The minimum atomic E-state index is -3.27. The molecule has 1 aliphatic carbocycles. The number of nitrogens with two attached hydrogens (primary N) is 1. The van der Waals surface area contributed by atoms with Crippen molar-refractivity contribution in [3.05, 3.63) is 29.3 Å². The topological polar surface area (TPSA) is 72.2 Å². The van der Waals surface area contributed by atoms with Crippen LogP contribution in [0.15, 0.2) is 18.2 Å². The lowest BCUT2D eigenvalue weighted by Gasteiger charge is -2.11. The zero-order chi connectivity index (χ0) is 13.3. The molecule has 1 aromatic carbocycles. The largest absolute Gasteiger partial charge is 0.389 e. The van der Waals surface area contributed by atoms with Gasteiger partial charge >= 0.3 is 0 Å². The maximum Gasteiger partial charge on any atom is 0.233 e. The highest BCUT2D eigenvalue weighted by Gasteiger charge is 2.28. The molecule has 0 atom stereocenters. The monoisotopic (exact) mass is 284 g/mol. The van der Waals surface area contributed by atoms with Crippen molar-refractivity contribution in [1.82, 2.24) is 0 Å². The maximum atomic E-state index is 11.9. The van der Waals surface area contributed by atoms with Crippen LogP contribution in [0.25, 0.3) is 0 Å². The Morgan fingerprint density at radius 2 is 2.17 bits per heavy atom. The highest BCUT2D eigenvalue weighted by molar-refractivity contribution is 7.92. The van der Waals surface area contributed by atoms with Crippen LogP contribution in [0, 0.1) is 12.8 Å². The Kier molecular flexibility index (Phi) is 3.59. The second kappa shape index (κ2) is 4.85. The zero-order valence-corrected chi connectivity index (χ0v) is 11.8. The van der Waals surface area contributed by atoms with Crippen molar-refractivity contribution in [3.63, 3.8) is 0 Å². The second-order valence-corrected chi connectivity index (χ2v) is 6.93. The summed E-state index contributed by atoms with van der Waals surface area (Å²) in [6, 6.07) is 5.28. The fourth-order valence-electron chi connectivity index (χ4n) is 1.69. The minimum absolute atomic E-state index is 0.198. The summed E-state index contributed by atoms with van der Waals surface area (Å²) in [7, 11) is -3.27. The fraction of sp³-hybridized carbons (Fsp3) is 0.417. The van der Waals surface area contributed by atoms with E-state index in [-0.39, 0.29) is 10.7 Å².